The normalized spacial score (nSPS) is 18.9. The summed E-state index contributed by atoms with van der Waals surface area (Å²) < 4.78 is 65.0. The van der Waals surface area contributed by atoms with Crippen LogP contribution in [0.5, 0.6) is 0 Å². The molecule has 0 bridgehead atoms. The van der Waals surface area contributed by atoms with Crippen molar-refractivity contribution < 1.29 is 21.6 Å². The molecule has 0 atom stereocenters. The van der Waals surface area contributed by atoms with Crippen molar-refractivity contribution in [3.63, 3.8) is 0 Å². The molecule has 0 radical (unpaired) electrons. The van der Waals surface area contributed by atoms with Gasteiger partial charge in [-0.15, -0.1) is 0 Å². The molecule has 0 aliphatic carbocycles. The minimum Gasteiger partial charge on any atom is -0.207 e. The Kier molecular flexibility index (Phi) is 5.07. The molecule has 1 aliphatic heterocycles. The monoisotopic (exact) mass is 449 g/mol. The fourth-order valence-corrected chi connectivity index (χ4v) is 5.17. The number of benzene rings is 1. The Morgan fingerprint density at radius 3 is 2.24 bits per heavy atom. The number of piperidine rings is 1. The minimum atomic E-state index is -4.26. The zero-order chi connectivity index (χ0) is 15.8. The molecule has 2 rings (SSSR count). The maximum Gasteiger partial charge on any atom is 0.391 e. The first-order chi connectivity index (χ1) is 9.62. The molecular formula is C12H12Br2F3NO2S. The number of nitrogens with zero attached hydrogens (tertiary/aromatic N) is 1. The lowest BCUT2D eigenvalue weighted by atomic mass is 9.98. The van der Waals surface area contributed by atoms with Crippen molar-refractivity contribution in [1.82, 2.24) is 4.31 Å². The van der Waals surface area contributed by atoms with Crippen molar-refractivity contribution in [3.05, 3.63) is 27.1 Å². The Labute approximate surface area is 137 Å². The summed E-state index contributed by atoms with van der Waals surface area (Å²) in [6, 6.07) is 4.70. The summed E-state index contributed by atoms with van der Waals surface area (Å²) in [6.45, 7) is -0.239. The van der Waals surface area contributed by atoms with Crippen molar-refractivity contribution >= 4 is 41.9 Å². The van der Waals surface area contributed by atoms with E-state index in [1.54, 1.807) is 12.1 Å². The zero-order valence-corrected chi connectivity index (χ0v) is 14.7. The molecule has 0 N–H and O–H groups in total. The third-order valence-corrected chi connectivity index (χ3v) is 6.81. The molecule has 0 spiro atoms. The first-order valence-electron chi connectivity index (χ1n) is 6.14. The summed E-state index contributed by atoms with van der Waals surface area (Å²) in [6.07, 6.45) is -4.66. The summed E-state index contributed by atoms with van der Waals surface area (Å²) in [5.41, 5.74) is 0. The second-order valence-corrected chi connectivity index (χ2v) is 8.47. The fourth-order valence-electron chi connectivity index (χ4n) is 2.24. The van der Waals surface area contributed by atoms with Gasteiger partial charge in [0.05, 0.1) is 10.8 Å². The third kappa shape index (κ3) is 3.80. The van der Waals surface area contributed by atoms with Gasteiger partial charge < -0.3 is 0 Å². The Balaban J connectivity index is 2.21. The van der Waals surface area contributed by atoms with E-state index in [1.807, 2.05) is 0 Å². The molecule has 21 heavy (non-hydrogen) atoms. The van der Waals surface area contributed by atoms with E-state index >= 15 is 0 Å². The smallest absolute Gasteiger partial charge is 0.207 e. The van der Waals surface area contributed by atoms with Crippen LogP contribution in [-0.2, 0) is 10.0 Å². The highest BCUT2D eigenvalue weighted by Gasteiger charge is 2.43. The predicted octanol–water partition coefficient (Wildman–Crippen LogP) is 4.17. The maximum absolute atomic E-state index is 12.6. The SMILES string of the molecule is O=S(=O)(c1cc(Br)ccc1Br)N1CCC(C(F)(F)F)CC1. The number of alkyl halides is 3. The largest absolute Gasteiger partial charge is 0.391 e. The van der Waals surface area contributed by atoms with Crippen molar-refractivity contribution in [2.45, 2.75) is 23.9 Å². The van der Waals surface area contributed by atoms with Gasteiger partial charge in [-0.05, 0) is 47.0 Å². The van der Waals surface area contributed by atoms with Crippen LogP contribution in [-0.4, -0.2) is 32.0 Å². The van der Waals surface area contributed by atoms with Gasteiger partial charge in [0.1, 0.15) is 0 Å². The molecule has 1 aliphatic rings. The van der Waals surface area contributed by atoms with Crippen molar-refractivity contribution in [2.24, 2.45) is 5.92 Å². The molecule has 0 saturated carbocycles. The second kappa shape index (κ2) is 6.17. The Morgan fingerprint density at radius 1 is 1.14 bits per heavy atom. The molecular weight excluding hydrogens is 439 g/mol. The summed E-state index contributed by atoms with van der Waals surface area (Å²) in [7, 11) is -3.80. The third-order valence-electron chi connectivity index (χ3n) is 3.43. The molecule has 0 amide bonds. The summed E-state index contributed by atoms with van der Waals surface area (Å²) in [4.78, 5) is 0.0577. The van der Waals surface area contributed by atoms with Gasteiger partial charge in [-0.3, -0.25) is 0 Å². The van der Waals surface area contributed by atoms with Crippen LogP contribution >= 0.6 is 31.9 Å². The lowest BCUT2D eigenvalue weighted by molar-refractivity contribution is -0.182. The summed E-state index contributed by atoms with van der Waals surface area (Å²) >= 11 is 6.37. The zero-order valence-electron chi connectivity index (χ0n) is 10.7. The lowest BCUT2D eigenvalue weighted by Gasteiger charge is -2.32. The molecule has 0 unspecified atom stereocenters. The van der Waals surface area contributed by atoms with E-state index in [4.69, 9.17) is 0 Å². The van der Waals surface area contributed by atoms with E-state index in [2.05, 4.69) is 31.9 Å². The lowest BCUT2D eigenvalue weighted by Crippen LogP contribution is -2.42. The fraction of sp³-hybridized carbons (Fsp3) is 0.500. The van der Waals surface area contributed by atoms with Gasteiger partial charge in [-0.1, -0.05) is 15.9 Å². The van der Waals surface area contributed by atoms with Crippen LogP contribution in [0, 0.1) is 5.92 Å². The van der Waals surface area contributed by atoms with Crippen LogP contribution in [0.1, 0.15) is 12.8 Å². The van der Waals surface area contributed by atoms with E-state index in [0.717, 1.165) is 4.31 Å². The van der Waals surface area contributed by atoms with Gasteiger partial charge in [-0.25, -0.2) is 8.42 Å². The van der Waals surface area contributed by atoms with Crippen molar-refractivity contribution in [2.75, 3.05) is 13.1 Å². The highest BCUT2D eigenvalue weighted by molar-refractivity contribution is 9.11. The highest BCUT2D eigenvalue weighted by atomic mass is 79.9. The predicted molar refractivity (Wildman–Crippen MR) is 79.4 cm³/mol. The van der Waals surface area contributed by atoms with Gasteiger partial charge in [0.2, 0.25) is 10.0 Å². The van der Waals surface area contributed by atoms with Crippen molar-refractivity contribution in [1.29, 1.82) is 0 Å². The number of hydrogen-bond acceptors (Lipinski definition) is 2. The number of halogens is 5. The molecule has 9 heteroatoms. The Bertz CT molecular complexity index is 626. The van der Waals surface area contributed by atoms with Crippen LogP contribution in [0.2, 0.25) is 0 Å². The molecule has 1 saturated heterocycles. The Hall–Kier alpha value is -0.120. The van der Waals surface area contributed by atoms with E-state index in [0.29, 0.717) is 8.95 Å². The second-order valence-electron chi connectivity index (χ2n) is 4.79. The first kappa shape index (κ1) is 17.2. The summed E-state index contributed by atoms with van der Waals surface area (Å²) in [5, 5.41) is 0. The average molecular weight is 451 g/mol. The van der Waals surface area contributed by atoms with Gasteiger partial charge in [0.25, 0.3) is 0 Å². The van der Waals surface area contributed by atoms with E-state index in [1.165, 1.54) is 6.07 Å². The topological polar surface area (TPSA) is 37.4 Å². The van der Waals surface area contributed by atoms with Gasteiger partial charge in [0, 0.05) is 22.0 Å². The quantitative estimate of drug-likeness (QED) is 0.677. The standard InChI is InChI=1S/C12H12Br2F3NO2S/c13-9-1-2-10(14)11(7-9)21(19,20)18-5-3-8(4-6-18)12(15,16)17/h1-2,7-8H,3-6H2. The Morgan fingerprint density at radius 2 is 1.71 bits per heavy atom. The van der Waals surface area contributed by atoms with Crippen LogP contribution in [0.15, 0.2) is 32.0 Å². The molecule has 118 valence electrons. The van der Waals surface area contributed by atoms with Gasteiger partial charge >= 0.3 is 6.18 Å². The molecule has 1 fully saturated rings. The van der Waals surface area contributed by atoms with Crippen LogP contribution < -0.4 is 0 Å². The van der Waals surface area contributed by atoms with Crippen molar-refractivity contribution in [3.8, 4) is 0 Å². The number of sulfonamides is 1. The maximum atomic E-state index is 12.6. The van der Waals surface area contributed by atoms with Gasteiger partial charge in [-0.2, -0.15) is 17.5 Å². The minimum absolute atomic E-state index is 0.0577. The van der Waals surface area contributed by atoms with E-state index in [9.17, 15) is 21.6 Å². The average Bonchev–Trinajstić information content (AvgIpc) is 2.40. The molecule has 0 aromatic heterocycles. The number of hydrogen-bond donors (Lipinski definition) is 0. The van der Waals surface area contributed by atoms with E-state index < -0.39 is 22.1 Å². The molecule has 1 aromatic rings. The number of rotatable bonds is 2. The van der Waals surface area contributed by atoms with Crippen LogP contribution in [0.3, 0.4) is 0 Å². The van der Waals surface area contributed by atoms with Crippen LogP contribution in [0.4, 0.5) is 13.2 Å². The highest BCUT2D eigenvalue weighted by Crippen LogP contribution is 2.36. The summed E-state index contributed by atoms with van der Waals surface area (Å²) in [5.74, 6) is -1.42. The molecule has 3 nitrogen and oxygen atoms in total. The van der Waals surface area contributed by atoms with Crippen LogP contribution in [0.25, 0.3) is 0 Å². The first-order valence-corrected chi connectivity index (χ1v) is 9.17. The molecule has 1 aromatic carbocycles. The molecule has 1 heterocycles. The van der Waals surface area contributed by atoms with Gasteiger partial charge in [0.15, 0.2) is 0 Å². The van der Waals surface area contributed by atoms with E-state index in [-0.39, 0.29) is 30.8 Å².